The molecule has 1 aromatic heterocycles. The fourth-order valence-corrected chi connectivity index (χ4v) is 3.69. The van der Waals surface area contributed by atoms with E-state index in [9.17, 15) is 14.4 Å². The van der Waals surface area contributed by atoms with Crippen LogP contribution in [0.5, 0.6) is 11.5 Å². The van der Waals surface area contributed by atoms with Gasteiger partial charge in [0.1, 0.15) is 22.8 Å². The predicted molar refractivity (Wildman–Crippen MR) is 140 cm³/mol. The molecular weight excluding hydrogens is 472 g/mol. The monoisotopic (exact) mass is 492 g/mol. The molecule has 0 unspecified atom stereocenters. The Morgan fingerprint density at radius 2 is 1.22 bits per heavy atom. The molecule has 0 atom stereocenters. The van der Waals surface area contributed by atoms with E-state index in [4.69, 9.17) is 25.4 Å². The van der Waals surface area contributed by atoms with Crippen molar-refractivity contribution in [3.63, 3.8) is 0 Å². The van der Waals surface area contributed by atoms with Crippen molar-refractivity contribution in [2.24, 2.45) is 0 Å². The van der Waals surface area contributed by atoms with E-state index in [1.807, 2.05) is 0 Å². The fourth-order valence-electron chi connectivity index (χ4n) is 3.69. The number of rotatable bonds is 5. The number of benzene rings is 4. The molecule has 0 amide bonds. The van der Waals surface area contributed by atoms with Gasteiger partial charge < -0.3 is 25.4 Å². The Morgan fingerprint density at radius 1 is 0.649 bits per heavy atom. The summed E-state index contributed by atoms with van der Waals surface area (Å²) in [5.74, 6) is -0.276. The summed E-state index contributed by atoms with van der Waals surface area (Å²) in [6.45, 7) is 0. The number of nitrogen functional groups attached to an aromatic ring is 2. The molecule has 8 heteroatoms. The maximum absolute atomic E-state index is 12.8. The average Bonchev–Trinajstić information content (AvgIpc) is 2.89. The largest absolute Gasteiger partial charge is 0.456 e. The number of anilines is 2. The van der Waals surface area contributed by atoms with Gasteiger partial charge in [0.05, 0.1) is 16.5 Å². The summed E-state index contributed by atoms with van der Waals surface area (Å²) in [5, 5.41) is 0.259. The lowest BCUT2D eigenvalue weighted by molar-refractivity contribution is 0.0725. The van der Waals surface area contributed by atoms with Crippen LogP contribution in [0.4, 0.5) is 11.4 Å². The molecule has 5 rings (SSSR count). The standard InChI is InChI=1S/C29H20N2O6/c30-20-5-1-3-18(13-20)28(33)35-22-9-7-17(8-10-22)27-16-25(32)24-15-23(11-12-26(24)37-27)36-29(34)19-4-2-6-21(31)14-19/h1-16H,30-31H2. The quantitative estimate of drug-likeness (QED) is 0.197. The van der Waals surface area contributed by atoms with E-state index in [0.29, 0.717) is 45.2 Å². The number of hydrogen-bond acceptors (Lipinski definition) is 8. The van der Waals surface area contributed by atoms with E-state index in [2.05, 4.69) is 0 Å². The van der Waals surface area contributed by atoms with Crippen molar-refractivity contribution in [1.82, 2.24) is 0 Å². The van der Waals surface area contributed by atoms with Crippen LogP contribution in [0, 0.1) is 0 Å². The van der Waals surface area contributed by atoms with Gasteiger partial charge in [-0.3, -0.25) is 4.79 Å². The third-order valence-electron chi connectivity index (χ3n) is 5.50. The Bertz CT molecular complexity index is 1710. The highest BCUT2D eigenvalue weighted by atomic mass is 16.5. The first-order valence-electron chi connectivity index (χ1n) is 11.2. The van der Waals surface area contributed by atoms with Crippen LogP contribution in [-0.2, 0) is 0 Å². The zero-order valence-electron chi connectivity index (χ0n) is 19.3. The van der Waals surface area contributed by atoms with E-state index in [1.165, 1.54) is 30.3 Å². The molecule has 1 heterocycles. The molecule has 0 saturated carbocycles. The molecule has 5 aromatic rings. The van der Waals surface area contributed by atoms with Crippen molar-refractivity contribution < 1.29 is 23.5 Å². The molecule has 0 aliphatic rings. The minimum absolute atomic E-state index is 0.200. The second-order valence-electron chi connectivity index (χ2n) is 8.19. The fraction of sp³-hybridized carbons (Fsp3) is 0. The van der Waals surface area contributed by atoms with Gasteiger partial charge in [-0.05, 0) is 78.9 Å². The van der Waals surface area contributed by atoms with E-state index in [-0.39, 0.29) is 16.6 Å². The minimum atomic E-state index is -0.593. The van der Waals surface area contributed by atoms with E-state index in [0.717, 1.165) is 0 Å². The highest BCUT2D eigenvalue weighted by molar-refractivity contribution is 5.93. The number of carbonyl (C=O) groups is 2. The first kappa shape index (κ1) is 23.4. The Morgan fingerprint density at radius 3 is 1.81 bits per heavy atom. The smallest absolute Gasteiger partial charge is 0.343 e. The highest BCUT2D eigenvalue weighted by Crippen LogP contribution is 2.27. The molecule has 0 aliphatic heterocycles. The SMILES string of the molecule is Nc1cccc(C(=O)Oc2ccc(-c3cc(=O)c4cc(OC(=O)c5cccc(N)c5)ccc4o3)cc2)c1. The lowest BCUT2D eigenvalue weighted by Gasteiger charge is -2.08. The van der Waals surface area contributed by atoms with Gasteiger partial charge in [0.2, 0.25) is 0 Å². The maximum atomic E-state index is 12.8. The Labute approximate surface area is 210 Å². The summed E-state index contributed by atoms with van der Waals surface area (Å²) in [7, 11) is 0. The van der Waals surface area contributed by atoms with Gasteiger partial charge in [0.25, 0.3) is 0 Å². The zero-order chi connectivity index (χ0) is 25.9. The van der Waals surface area contributed by atoms with E-state index >= 15 is 0 Å². The van der Waals surface area contributed by atoms with Crippen molar-refractivity contribution in [3.05, 3.63) is 118 Å². The molecule has 0 fully saturated rings. The van der Waals surface area contributed by atoms with E-state index < -0.39 is 11.9 Å². The third kappa shape index (κ3) is 5.18. The molecule has 37 heavy (non-hydrogen) atoms. The number of esters is 2. The predicted octanol–water partition coefficient (Wildman–Crippen LogP) is 5.06. The summed E-state index contributed by atoms with van der Waals surface area (Å²) in [5.41, 5.74) is 13.6. The van der Waals surface area contributed by atoms with Gasteiger partial charge in [0, 0.05) is 23.0 Å². The molecule has 4 aromatic carbocycles. The van der Waals surface area contributed by atoms with Gasteiger partial charge in [0.15, 0.2) is 5.43 Å². The Balaban J connectivity index is 1.34. The summed E-state index contributed by atoms with van der Waals surface area (Å²) in [4.78, 5) is 37.6. The molecule has 0 bridgehead atoms. The molecule has 182 valence electrons. The number of carbonyl (C=O) groups excluding carboxylic acids is 2. The van der Waals surface area contributed by atoms with Gasteiger partial charge in [-0.15, -0.1) is 0 Å². The molecule has 4 N–H and O–H groups in total. The van der Waals surface area contributed by atoms with Crippen LogP contribution in [0.25, 0.3) is 22.3 Å². The normalized spacial score (nSPS) is 10.7. The molecule has 0 saturated heterocycles. The Hall–Kier alpha value is -5.37. The summed E-state index contributed by atoms with van der Waals surface area (Å²) in [6.07, 6.45) is 0. The van der Waals surface area contributed by atoms with Crippen molar-refractivity contribution >= 4 is 34.3 Å². The van der Waals surface area contributed by atoms with Gasteiger partial charge in [-0.25, -0.2) is 9.59 Å². The lowest BCUT2D eigenvalue weighted by atomic mass is 10.1. The molecule has 0 spiro atoms. The number of hydrogen-bond donors (Lipinski definition) is 2. The maximum Gasteiger partial charge on any atom is 0.343 e. The van der Waals surface area contributed by atoms with Gasteiger partial charge >= 0.3 is 11.9 Å². The number of nitrogens with two attached hydrogens (primary N) is 2. The van der Waals surface area contributed by atoms with Crippen LogP contribution in [0.2, 0.25) is 0 Å². The first-order valence-corrected chi connectivity index (χ1v) is 11.2. The minimum Gasteiger partial charge on any atom is -0.456 e. The third-order valence-corrected chi connectivity index (χ3v) is 5.50. The second-order valence-corrected chi connectivity index (χ2v) is 8.19. The topological polar surface area (TPSA) is 135 Å². The zero-order valence-corrected chi connectivity index (χ0v) is 19.3. The molecular formula is C29H20N2O6. The van der Waals surface area contributed by atoms with Crippen molar-refractivity contribution in [1.29, 1.82) is 0 Å². The second kappa shape index (κ2) is 9.71. The van der Waals surface area contributed by atoms with Crippen LogP contribution in [0.1, 0.15) is 20.7 Å². The highest BCUT2D eigenvalue weighted by Gasteiger charge is 2.13. The number of fused-ring (bicyclic) bond motifs is 1. The van der Waals surface area contributed by atoms with Crippen molar-refractivity contribution in [2.75, 3.05) is 11.5 Å². The summed E-state index contributed by atoms with van der Waals surface area (Å²) < 4.78 is 16.7. The lowest BCUT2D eigenvalue weighted by Crippen LogP contribution is -2.09. The van der Waals surface area contributed by atoms with Crippen LogP contribution < -0.4 is 26.4 Å². The Kier molecular flexibility index (Phi) is 6.13. The summed E-state index contributed by atoms with van der Waals surface area (Å²) in [6, 6.07) is 25.3. The van der Waals surface area contributed by atoms with E-state index in [1.54, 1.807) is 66.7 Å². The molecule has 0 aliphatic carbocycles. The van der Waals surface area contributed by atoms with Crippen LogP contribution in [0.3, 0.4) is 0 Å². The van der Waals surface area contributed by atoms with Crippen LogP contribution >= 0.6 is 0 Å². The molecule has 0 radical (unpaired) electrons. The van der Waals surface area contributed by atoms with Crippen LogP contribution in [0.15, 0.2) is 106 Å². The molecule has 8 nitrogen and oxygen atoms in total. The average molecular weight is 492 g/mol. The van der Waals surface area contributed by atoms with Crippen LogP contribution in [-0.4, -0.2) is 11.9 Å². The van der Waals surface area contributed by atoms with Crippen molar-refractivity contribution in [3.8, 4) is 22.8 Å². The van der Waals surface area contributed by atoms with Crippen molar-refractivity contribution in [2.45, 2.75) is 0 Å². The van der Waals surface area contributed by atoms with Gasteiger partial charge in [-0.1, -0.05) is 12.1 Å². The number of ether oxygens (including phenoxy) is 2. The van der Waals surface area contributed by atoms with Gasteiger partial charge in [-0.2, -0.15) is 0 Å². The first-order chi connectivity index (χ1) is 17.9. The summed E-state index contributed by atoms with van der Waals surface area (Å²) >= 11 is 0.